The molecule has 1 fully saturated rings. The fourth-order valence-corrected chi connectivity index (χ4v) is 2.12. The minimum absolute atomic E-state index is 0.140. The summed E-state index contributed by atoms with van der Waals surface area (Å²) in [6.07, 6.45) is 1.73. The molecule has 0 bridgehead atoms. The van der Waals surface area contributed by atoms with Gasteiger partial charge in [0.1, 0.15) is 5.75 Å². The van der Waals surface area contributed by atoms with Gasteiger partial charge in [0, 0.05) is 13.0 Å². The summed E-state index contributed by atoms with van der Waals surface area (Å²) in [6.45, 7) is 2.68. The zero-order chi connectivity index (χ0) is 12.3. The Morgan fingerprint density at radius 3 is 3.06 bits per heavy atom. The van der Waals surface area contributed by atoms with Crippen LogP contribution < -0.4 is 10.1 Å². The molecule has 17 heavy (non-hydrogen) atoms. The molecule has 1 aliphatic carbocycles. The Kier molecular flexibility index (Phi) is 3.67. The average Bonchev–Trinajstić information content (AvgIpc) is 3.15. The number of ether oxygens (including phenoxy) is 1. The summed E-state index contributed by atoms with van der Waals surface area (Å²) in [7, 11) is 1.69. The van der Waals surface area contributed by atoms with Crippen molar-refractivity contribution in [1.29, 1.82) is 0 Å². The van der Waals surface area contributed by atoms with Crippen LogP contribution in [0.3, 0.4) is 0 Å². The lowest BCUT2D eigenvalue weighted by atomic mass is 10.1. The molecule has 0 spiro atoms. The van der Waals surface area contributed by atoms with E-state index in [9.17, 15) is 4.79 Å². The first-order chi connectivity index (χ1) is 8.24. The van der Waals surface area contributed by atoms with Gasteiger partial charge in [-0.2, -0.15) is 0 Å². The maximum atomic E-state index is 11.2. The van der Waals surface area contributed by atoms with Crippen molar-refractivity contribution in [3.8, 4) is 5.75 Å². The van der Waals surface area contributed by atoms with Crippen LogP contribution in [-0.2, 0) is 4.79 Å². The fourth-order valence-electron chi connectivity index (χ4n) is 2.12. The third-order valence-electron chi connectivity index (χ3n) is 3.33. The zero-order valence-electron chi connectivity index (χ0n) is 10.4. The summed E-state index contributed by atoms with van der Waals surface area (Å²) in [6, 6.07) is 8.20. The molecule has 1 aromatic rings. The summed E-state index contributed by atoms with van der Waals surface area (Å²) in [5.41, 5.74) is 1.32. The molecule has 1 aliphatic rings. The van der Waals surface area contributed by atoms with Crippen LogP contribution in [0.25, 0.3) is 0 Å². The minimum atomic E-state index is 0.140. The molecule has 1 N–H and O–H groups in total. The molecule has 2 unspecified atom stereocenters. The molecule has 0 aromatic heterocycles. The molecular formula is C14H19NO2. The predicted molar refractivity (Wildman–Crippen MR) is 67.1 cm³/mol. The Bertz CT molecular complexity index is 403. The van der Waals surface area contributed by atoms with Crippen LogP contribution >= 0.6 is 0 Å². The third-order valence-corrected chi connectivity index (χ3v) is 3.33. The van der Waals surface area contributed by atoms with Crippen molar-refractivity contribution >= 4 is 5.91 Å². The molecule has 0 saturated heterocycles. The fraction of sp³-hybridized carbons (Fsp3) is 0.500. The van der Waals surface area contributed by atoms with Gasteiger partial charge in [0.15, 0.2) is 0 Å². The lowest BCUT2D eigenvalue weighted by Crippen LogP contribution is -2.24. The second kappa shape index (κ2) is 5.21. The lowest BCUT2D eigenvalue weighted by Gasteiger charge is -2.05. The van der Waals surface area contributed by atoms with Crippen LogP contribution in [0.2, 0.25) is 0 Å². The van der Waals surface area contributed by atoms with Crippen molar-refractivity contribution < 1.29 is 9.53 Å². The zero-order valence-corrected chi connectivity index (χ0v) is 10.4. The number of rotatable bonds is 5. The first kappa shape index (κ1) is 12.0. The molecule has 0 aliphatic heterocycles. The maximum Gasteiger partial charge on any atom is 0.219 e. The Balaban J connectivity index is 1.87. The summed E-state index contributed by atoms with van der Waals surface area (Å²) in [5, 5.41) is 2.95. The molecule has 0 radical (unpaired) electrons. The van der Waals surface area contributed by atoms with Crippen LogP contribution in [0.5, 0.6) is 5.75 Å². The second-order valence-electron chi connectivity index (χ2n) is 4.54. The molecule has 3 heteroatoms. The van der Waals surface area contributed by atoms with E-state index >= 15 is 0 Å². The third kappa shape index (κ3) is 2.99. The predicted octanol–water partition coefficient (Wildman–Crippen LogP) is 2.32. The number of hydrogen-bond donors (Lipinski definition) is 1. The van der Waals surface area contributed by atoms with Crippen LogP contribution in [0, 0.1) is 5.92 Å². The lowest BCUT2D eigenvalue weighted by molar-refractivity contribution is -0.120. The van der Waals surface area contributed by atoms with Gasteiger partial charge < -0.3 is 10.1 Å². The van der Waals surface area contributed by atoms with Crippen molar-refractivity contribution in [3.63, 3.8) is 0 Å². The molecule has 3 nitrogen and oxygen atoms in total. The first-order valence-electron chi connectivity index (χ1n) is 6.15. The van der Waals surface area contributed by atoms with Crippen molar-refractivity contribution in [2.24, 2.45) is 5.92 Å². The summed E-state index contributed by atoms with van der Waals surface area (Å²) < 4.78 is 5.21. The Labute approximate surface area is 102 Å². The number of carbonyl (C=O) groups is 1. The highest BCUT2D eigenvalue weighted by Crippen LogP contribution is 2.47. The van der Waals surface area contributed by atoms with E-state index in [1.54, 1.807) is 7.11 Å². The number of carbonyl (C=O) groups excluding carboxylic acids is 1. The molecule has 2 atom stereocenters. The van der Waals surface area contributed by atoms with E-state index in [1.165, 1.54) is 5.56 Å². The average molecular weight is 233 g/mol. The van der Waals surface area contributed by atoms with Gasteiger partial charge in [-0.25, -0.2) is 0 Å². The van der Waals surface area contributed by atoms with E-state index < -0.39 is 0 Å². The number of hydrogen-bond acceptors (Lipinski definition) is 2. The number of methoxy groups -OCH3 is 1. The highest BCUT2D eigenvalue weighted by atomic mass is 16.5. The van der Waals surface area contributed by atoms with E-state index in [-0.39, 0.29) is 5.91 Å². The van der Waals surface area contributed by atoms with Crippen molar-refractivity contribution in [3.05, 3.63) is 29.8 Å². The maximum absolute atomic E-state index is 11.2. The van der Waals surface area contributed by atoms with Crippen LogP contribution in [0.1, 0.15) is 31.2 Å². The van der Waals surface area contributed by atoms with Gasteiger partial charge in [-0.05, 0) is 36.0 Å². The highest BCUT2D eigenvalue weighted by Gasteiger charge is 2.38. The van der Waals surface area contributed by atoms with E-state index in [0.717, 1.165) is 18.7 Å². The minimum Gasteiger partial charge on any atom is -0.497 e. The smallest absolute Gasteiger partial charge is 0.219 e. The summed E-state index contributed by atoms with van der Waals surface area (Å²) in [4.78, 5) is 11.2. The van der Waals surface area contributed by atoms with E-state index in [2.05, 4.69) is 17.4 Å². The molecule has 2 rings (SSSR count). The van der Waals surface area contributed by atoms with Gasteiger partial charge >= 0.3 is 0 Å². The Morgan fingerprint density at radius 2 is 2.35 bits per heavy atom. The van der Waals surface area contributed by atoms with E-state index in [4.69, 9.17) is 4.74 Å². The molecule has 0 heterocycles. The number of amides is 1. The van der Waals surface area contributed by atoms with Crippen molar-refractivity contribution in [2.45, 2.75) is 25.7 Å². The quantitative estimate of drug-likeness (QED) is 0.847. The van der Waals surface area contributed by atoms with Gasteiger partial charge in [0.05, 0.1) is 7.11 Å². The first-order valence-corrected chi connectivity index (χ1v) is 6.15. The van der Waals surface area contributed by atoms with E-state index in [0.29, 0.717) is 18.3 Å². The van der Waals surface area contributed by atoms with Crippen LogP contribution in [-0.4, -0.2) is 19.6 Å². The van der Waals surface area contributed by atoms with Crippen molar-refractivity contribution in [1.82, 2.24) is 5.32 Å². The van der Waals surface area contributed by atoms with Gasteiger partial charge in [0.2, 0.25) is 5.91 Å². The normalized spacial score (nSPS) is 22.0. The SMILES string of the molecule is CCC(=O)NCC1CC1c1cccc(OC)c1. The largest absolute Gasteiger partial charge is 0.497 e. The number of nitrogens with one attached hydrogen (secondary N) is 1. The topological polar surface area (TPSA) is 38.3 Å². The monoisotopic (exact) mass is 233 g/mol. The summed E-state index contributed by atoms with van der Waals surface area (Å²) in [5.74, 6) is 2.23. The highest BCUT2D eigenvalue weighted by molar-refractivity contribution is 5.75. The van der Waals surface area contributed by atoms with Gasteiger partial charge in [-0.15, -0.1) is 0 Å². The molecule has 1 saturated carbocycles. The molecule has 92 valence electrons. The molecular weight excluding hydrogens is 214 g/mol. The Hall–Kier alpha value is -1.51. The van der Waals surface area contributed by atoms with Gasteiger partial charge in [-0.1, -0.05) is 19.1 Å². The Morgan fingerprint density at radius 1 is 1.53 bits per heavy atom. The van der Waals surface area contributed by atoms with Gasteiger partial charge in [0.25, 0.3) is 0 Å². The number of benzene rings is 1. The van der Waals surface area contributed by atoms with E-state index in [1.807, 2.05) is 19.1 Å². The van der Waals surface area contributed by atoms with Crippen LogP contribution in [0.4, 0.5) is 0 Å². The van der Waals surface area contributed by atoms with Gasteiger partial charge in [-0.3, -0.25) is 4.79 Å². The standard InChI is InChI=1S/C14H19NO2/c1-3-14(16)15-9-11-8-13(11)10-5-4-6-12(7-10)17-2/h4-7,11,13H,3,8-9H2,1-2H3,(H,15,16). The second-order valence-corrected chi connectivity index (χ2v) is 4.54. The molecule has 1 amide bonds. The summed E-state index contributed by atoms with van der Waals surface area (Å²) >= 11 is 0. The van der Waals surface area contributed by atoms with Crippen molar-refractivity contribution in [2.75, 3.05) is 13.7 Å². The van der Waals surface area contributed by atoms with Crippen LogP contribution in [0.15, 0.2) is 24.3 Å². The molecule has 1 aromatic carbocycles.